The Morgan fingerprint density at radius 1 is 0.708 bits per heavy atom. The van der Waals surface area contributed by atoms with Gasteiger partial charge in [-0.25, -0.2) is 4.79 Å². The van der Waals surface area contributed by atoms with Crippen molar-refractivity contribution in [2.24, 2.45) is 0 Å². The Kier molecular flexibility index (Phi) is 18.4. The summed E-state index contributed by atoms with van der Waals surface area (Å²) < 4.78 is 0. The van der Waals surface area contributed by atoms with Crippen molar-refractivity contribution in [1.82, 2.24) is 0 Å². The fourth-order valence-electron chi connectivity index (χ4n) is 3.07. The molecule has 0 aromatic carbocycles. The Morgan fingerprint density at radius 2 is 1.04 bits per heavy atom. The Hall–Kier alpha value is -0.500. The van der Waals surface area contributed by atoms with E-state index in [1.54, 1.807) is 0 Å². The molecule has 0 saturated heterocycles. The van der Waals surface area contributed by atoms with Crippen LogP contribution >= 0.6 is 11.6 Å². The normalized spacial score (nSPS) is 11.8. The van der Waals surface area contributed by atoms with E-state index in [4.69, 9.17) is 16.7 Å². The van der Waals surface area contributed by atoms with E-state index < -0.39 is 5.97 Å². The molecule has 0 aliphatic rings. The van der Waals surface area contributed by atoms with Gasteiger partial charge in [0.25, 0.3) is 0 Å². The van der Waals surface area contributed by atoms with Gasteiger partial charge in [0.15, 0.2) is 0 Å². The van der Waals surface area contributed by atoms with Crippen molar-refractivity contribution in [3.8, 4) is 0 Å². The Labute approximate surface area is 155 Å². The summed E-state index contributed by atoms with van der Waals surface area (Å²) >= 11 is 5.49. The fraction of sp³-hybridized carbons (Fsp3) is 0.857. The number of hydrogen-bond donors (Lipinski definition) is 1. The SMILES string of the molecule is CCCCCCCCCCCCCCCCCCC(=CCl)C(=O)O. The number of carbonyl (C=O) groups is 1. The van der Waals surface area contributed by atoms with Gasteiger partial charge in [0.05, 0.1) is 0 Å². The Morgan fingerprint density at radius 3 is 1.33 bits per heavy atom. The molecular formula is C21H39ClO2. The lowest BCUT2D eigenvalue weighted by atomic mass is 10.0. The van der Waals surface area contributed by atoms with Crippen LogP contribution < -0.4 is 0 Å². The number of unbranched alkanes of at least 4 members (excludes halogenated alkanes) is 15. The molecule has 3 heteroatoms. The second-order valence-corrected chi connectivity index (χ2v) is 7.21. The van der Waals surface area contributed by atoms with E-state index >= 15 is 0 Å². The van der Waals surface area contributed by atoms with Crippen LogP contribution in [0.3, 0.4) is 0 Å². The topological polar surface area (TPSA) is 37.3 Å². The molecule has 0 heterocycles. The molecule has 0 aromatic rings. The van der Waals surface area contributed by atoms with Crippen LogP contribution in [0, 0.1) is 0 Å². The van der Waals surface area contributed by atoms with Crippen LogP contribution in [0.4, 0.5) is 0 Å². The minimum Gasteiger partial charge on any atom is -0.478 e. The summed E-state index contributed by atoms with van der Waals surface area (Å²) in [7, 11) is 0. The summed E-state index contributed by atoms with van der Waals surface area (Å²) in [6, 6.07) is 0. The van der Waals surface area contributed by atoms with E-state index in [1.165, 1.54) is 95.4 Å². The number of rotatable bonds is 18. The van der Waals surface area contributed by atoms with E-state index in [-0.39, 0.29) is 0 Å². The van der Waals surface area contributed by atoms with Crippen LogP contribution in [0.2, 0.25) is 0 Å². The average Bonchev–Trinajstić information content (AvgIpc) is 2.57. The summed E-state index contributed by atoms with van der Waals surface area (Å²) in [6.45, 7) is 2.27. The zero-order chi connectivity index (χ0) is 17.9. The first kappa shape index (κ1) is 23.5. The van der Waals surface area contributed by atoms with E-state index in [0.29, 0.717) is 12.0 Å². The molecule has 0 aromatic heterocycles. The summed E-state index contributed by atoms with van der Waals surface area (Å²) in [6.07, 6.45) is 21.9. The van der Waals surface area contributed by atoms with Crippen molar-refractivity contribution in [1.29, 1.82) is 0 Å². The predicted molar refractivity (Wildman–Crippen MR) is 106 cm³/mol. The molecule has 142 valence electrons. The van der Waals surface area contributed by atoms with Crippen molar-refractivity contribution in [3.05, 3.63) is 11.1 Å². The minimum absolute atomic E-state index is 0.335. The maximum atomic E-state index is 10.8. The van der Waals surface area contributed by atoms with Gasteiger partial charge >= 0.3 is 5.97 Å². The first-order valence-electron chi connectivity index (χ1n) is 10.2. The predicted octanol–water partition coefficient (Wildman–Crippen LogP) is 7.85. The molecule has 0 fully saturated rings. The molecule has 0 aliphatic heterocycles. The highest BCUT2D eigenvalue weighted by Gasteiger charge is 2.05. The molecule has 0 rings (SSSR count). The third-order valence-electron chi connectivity index (χ3n) is 4.71. The second kappa shape index (κ2) is 18.8. The third kappa shape index (κ3) is 16.4. The maximum Gasteiger partial charge on any atom is 0.332 e. The van der Waals surface area contributed by atoms with Gasteiger partial charge in [-0.2, -0.15) is 0 Å². The molecule has 0 spiro atoms. The average molecular weight is 359 g/mol. The van der Waals surface area contributed by atoms with Gasteiger partial charge in [0.2, 0.25) is 0 Å². The molecule has 0 unspecified atom stereocenters. The van der Waals surface area contributed by atoms with Gasteiger partial charge in [0.1, 0.15) is 0 Å². The van der Waals surface area contributed by atoms with Gasteiger partial charge in [-0.3, -0.25) is 0 Å². The van der Waals surface area contributed by atoms with Gasteiger partial charge in [-0.1, -0.05) is 115 Å². The van der Waals surface area contributed by atoms with Crippen molar-refractivity contribution < 1.29 is 9.90 Å². The minimum atomic E-state index is -0.883. The van der Waals surface area contributed by atoms with Crippen molar-refractivity contribution in [2.75, 3.05) is 0 Å². The monoisotopic (exact) mass is 358 g/mol. The molecule has 0 radical (unpaired) electrons. The molecule has 24 heavy (non-hydrogen) atoms. The largest absolute Gasteiger partial charge is 0.478 e. The molecule has 1 N–H and O–H groups in total. The van der Waals surface area contributed by atoms with Crippen LogP contribution in [0.25, 0.3) is 0 Å². The Balaban J connectivity index is 3.14. The Bertz CT molecular complexity index is 313. The van der Waals surface area contributed by atoms with Gasteiger partial charge in [-0.15, -0.1) is 0 Å². The molecular weight excluding hydrogens is 320 g/mol. The number of carboxylic acids is 1. The smallest absolute Gasteiger partial charge is 0.332 e. The lowest BCUT2D eigenvalue weighted by molar-refractivity contribution is -0.132. The number of halogens is 1. The lowest BCUT2D eigenvalue weighted by Gasteiger charge is -2.04. The zero-order valence-corrected chi connectivity index (χ0v) is 16.6. The van der Waals surface area contributed by atoms with E-state index in [2.05, 4.69) is 6.92 Å². The van der Waals surface area contributed by atoms with Crippen LogP contribution in [0.15, 0.2) is 11.1 Å². The van der Waals surface area contributed by atoms with Crippen molar-refractivity contribution >= 4 is 17.6 Å². The highest BCUT2D eigenvalue weighted by molar-refractivity contribution is 6.27. The number of hydrogen-bond acceptors (Lipinski definition) is 1. The van der Waals surface area contributed by atoms with Gasteiger partial charge in [-0.05, 0) is 12.8 Å². The molecule has 0 saturated carbocycles. The van der Waals surface area contributed by atoms with Crippen LogP contribution in [-0.2, 0) is 4.79 Å². The third-order valence-corrected chi connectivity index (χ3v) is 4.97. The highest BCUT2D eigenvalue weighted by atomic mass is 35.5. The number of carboxylic acid groups (broad SMARTS) is 1. The van der Waals surface area contributed by atoms with Crippen LogP contribution in [0.1, 0.15) is 116 Å². The first-order valence-corrected chi connectivity index (χ1v) is 10.7. The van der Waals surface area contributed by atoms with Crippen molar-refractivity contribution in [2.45, 2.75) is 116 Å². The highest BCUT2D eigenvalue weighted by Crippen LogP contribution is 2.15. The van der Waals surface area contributed by atoms with Crippen LogP contribution in [0.5, 0.6) is 0 Å². The lowest BCUT2D eigenvalue weighted by Crippen LogP contribution is -1.99. The molecule has 0 amide bonds. The summed E-state index contributed by atoms with van der Waals surface area (Å²) in [4.78, 5) is 10.8. The molecule has 2 nitrogen and oxygen atoms in total. The molecule has 0 bridgehead atoms. The van der Waals surface area contributed by atoms with Gasteiger partial charge in [0, 0.05) is 11.1 Å². The molecule has 0 aliphatic carbocycles. The standard InChI is InChI=1S/C21H39ClO2/c1-2-3-4-5-6-7-8-9-10-11-12-13-14-15-16-17-18-20(19-22)21(23)24/h19H,2-18H2,1H3,(H,23,24). The fourth-order valence-corrected chi connectivity index (χ4v) is 3.27. The summed E-state index contributed by atoms with van der Waals surface area (Å²) in [5, 5.41) is 8.85. The van der Waals surface area contributed by atoms with E-state index in [0.717, 1.165) is 12.8 Å². The maximum absolute atomic E-state index is 10.8. The molecule has 0 atom stereocenters. The second-order valence-electron chi connectivity index (χ2n) is 6.99. The summed E-state index contributed by atoms with van der Waals surface area (Å²) in [5.41, 5.74) is 1.54. The first-order chi connectivity index (χ1) is 11.7. The number of aliphatic carboxylic acids is 1. The van der Waals surface area contributed by atoms with Crippen molar-refractivity contribution in [3.63, 3.8) is 0 Å². The van der Waals surface area contributed by atoms with Gasteiger partial charge < -0.3 is 5.11 Å². The zero-order valence-electron chi connectivity index (χ0n) is 15.8. The van der Waals surface area contributed by atoms with E-state index in [1.807, 2.05) is 0 Å². The van der Waals surface area contributed by atoms with Crippen LogP contribution in [-0.4, -0.2) is 11.1 Å². The summed E-state index contributed by atoms with van der Waals surface area (Å²) in [5.74, 6) is -0.883. The quantitative estimate of drug-likeness (QED) is 0.200. The van der Waals surface area contributed by atoms with E-state index in [9.17, 15) is 4.79 Å².